The van der Waals surface area contributed by atoms with Gasteiger partial charge in [-0.15, -0.1) is 17.7 Å². The molecule has 0 saturated heterocycles. The maximum atomic E-state index is 5.74. The molecular formula is C13H18N2S. The molecule has 0 aliphatic heterocycles. The Labute approximate surface area is 102 Å². The van der Waals surface area contributed by atoms with Gasteiger partial charge in [-0.25, -0.2) is 0 Å². The van der Waals surface area contributed by atoms with Gasteiger partial charge in [-0.1, -0.05) is 18.1 Å². The number of benzene rings is 1. The highest BCUT2D eigenvalue weighted by Crippen LogP contribution is 2.18. The predicted molar refractivity (Wildman–Crippen MR) is 71.5 cm³/mol. The van der Waals surface area contributed by atoms with Gasteiger partial charge in [0.15, 0.2) is 0 Å². The SMILES string of the molecule is CC#CCNC(CN)c1ccc(SC)cc1. The summed E-state index contributed by atoms with van der Waals surface area (Å²) < 4.78 is 0. The fourth-order valence-electron chi connectivity index (χ4n) is 1.44. The zero-order valence-electron chi connectivity index (χ0n) is 9.79. The summed E-state index contributed by atoms with van der Waals surface area (Å²) in [6.07, 6.45) is 2.07. The van der Waals surface area contributed by atoms with Crippen LogP contribution in [0.5, 0.6) is 0 Å². The van der Waals surface area contributed by atoms with Gasteiger partial charge in [0.05, 0.1) is 6.54 Å². The average Bonchev–Trinajstić information content (AvgIpc) is 2.35. The fraction of sp³-hybridized carbons (Fsp3) is 0.385. The van der Waals surface area contributed by atoms with E-state index in [1.165, 1.54) is 10.5 Å². The van der Waals surface area contributed by atoms with Crippen molar-refractivity contribution in [2.45, 2.75) is 17.9 Å². The van der Waals surface area contributed by atoms with Gasteiger partial charge < -0.3 is 5.73 Å². The Kier molecular flexibility index (Phi) is 6.02. The lowest BCUT2D eigenvalue weighted by Crippen LogP contribution is -2.28. The summed E-state index contributed by atoms with van der Waals surface area (Å²) >= 11 is 1.74. The minimum atomic E-state index is 0.191. The van der Waals surface area contributed by atoms with Crippen molar-refractivity contribution in [3.8, 4) is 11.8 Å². The molecule has 86 valence electrons. The molecule has 1 rings (SSSR count). The van der Waals surface area contributed by atoms with Crippen LogP contribution in [0.3, 0.4) is 0 Å². The molecule has 16 heavy (non-hydrogen) atoms. The van der Waals surface area contributed by atoms with Crippen LogP contribution < -0.4 is 11.1 Å². The Balaban J connectivity index is 2.65. The summed E-state index contributed by atoms with van der Waals surface area (Å²) in [5, 5.41) is 3.32. The number of nitrogens with two attached hydrogens (primary N) is 1. The Morgan fingerprint density at radius 3 is 2.56 bits per heavy atom. The lowest BCUT2D eigenvalue weighted by atomic mass is 10.1. The molecule has 3 N–H and O–H groups in total. The third-order valence-corrected chi connectivity index (χ3v) is 3.11. The lowest BCUT2D eigenvalue weighted by molar-refractivity contribution is 0.581. The molecule has 0 aliphatic rings. The minimum Gasteiger partial charge on any atom is -0.329 e. The van der Waals surface area contributed by atoms with Crippen molar-refractivity contribution < 1.29 is 0 Å². The Morgan fingerprint density at radius 2 is 2.06 bits per heavy atom. The molecule has 0 fully saturated rings. The van der Waals surface area contributed by atoms with Crippen LogP contribution in [0.4, 0.5) is 0 Å². The number of hydrogen-bond acceptors (Lipinski definition) is 3. The molecule has 1 aromatic rings. The molecule has 0 bridgehead atoms. The molecular weight excluding hydrogens is 216 g/mol. The van der Waals surface area contributed by atoms with Crippen LogP contribution in [0.2, 0.25) is 0 Å². The van der Waals surface area contributed by atoms with E-state index in [9.17, 15) is 0 Å². The first-order valence-corrected chi connectivity index (χ1v) is 6.51. The zero-order chi connectivity index (χ0) is 11.8. The summed E-state index contributed by atoms with van der Waals surface area (Å²) in [6.45, 7) is 3.11. The highest BCUT2D eigenvalue weighted by Gasteiger charge is 2.07. The first kappa shape index (κ1) is 13.1. The van der Waals surface area contributed by atoms with E-state index < -0.39 is 0 Å². The third kappa shape index (κ3) is 3.90. The highest BCUT2D eigenvalue weighted by molar-refractivity contribution is 7.98. The molecule has 0 aliphatic carbocycles. The van der Waals surface area contributed by atoms with Gasteiger partial charge in [0.1, 0.15) is 0 Å². The van der Waals surface area contributed by atoms with Crippen molar-refractivity contribution in [3.05, 3.63) is 29.8 Å². The van der Waals surface area contributed by atoms with Gasteiger partial charge in [-0.05, 0) is 30.9 Å². The summed E-state index contributed by atoms with van der Waals surface area (Å²) in [5.74, 6) is 5.84. The molecule has 0 saturated carbocycles. The normalized spacial score (nSPS) is 11.7. The first-order chi connectivity index (χ1) is 7.81. The minimum absolute atomic E-state index is 0.191. The topological polar surface area (TPSA) is 38.0 Å². The number of rotatable bonds is 5. The van der Waals surface area contributed by atoms with Gasteiger partial charge in [0.25, 0.3) is 0 Å². The quantitative estimate of drug-likeness (QED) is 0.605. The van der Waals surface area contributed by atoms with E-state index in [-0.39, 0.29) is 6.04 Å². The Bertz CT molecular complexity index is 362. The van der Waals surface area contributed by atoms with Crippen molar-refractivity contribution in [3.63, 3.8) is 0 Å². The van der Waals surface area contributed by atoms with Crippen molar-refractivity contribution in [2.24, 2.45) is 5.73 Å². The Hall–Kier alpha value is -0.950. The summed E-state index contributed by atoms with van der Waals surface area (Å²) in [7, 11) is 0. The van der Waals surface area contributed by atoms with E-state index in [0.29, 0.717) is 13.1 Å². The zero-order valence-corrected chi connectivity index (χ0v) is 10.6. The van der Waals surface area contributed by atoms with E-state index in [2.05, 4.69) is 47.7 Å². The van der Waals surface area contributed by atoms with Gasteiger partial charge >= 0.3 is 0 Å². The van der Waals surface area contributed by atoms with E-state index in [0.717, 1.165) is 0 Å². The summed E-state index contributed by atoms with van der Waals surface area (Å²) in [4.78, 5) is 1.27. The summed E-state index contributed by atoms with van der Waals surface area (Å²) in [5.41, 5.74) is 6.96. The monoisotopic (exact) mass is 234 g/mol. The van der Waals surface area contributed by atoms with Gasteiger partial charge in [0, 0.05) is 17.5 Å². The van der Waals surface area contributed by atoms with E-state index in [1.54, 1.807) is 11.8 Å². The fourth-order valence-corrected chi connectivity index (χ4v) is 1.84. The number of thioether (sulfide) groups is 1. The molecule has 1 aromatic carbocycles. The van der Waals surface area contributed by atoms with E-state index in [4.69, 9.17) is 5.73 Å². The third-order valence-electron chi connectivity index (χ3n) is 2.37. The highest BCUT2D eigenvalue weighted by atomic mass is 32.2. The van der Waals surface area contributed by atoms with Crippen LogP contribution in [-0.4, -0.2) is 19.3 Å². The van der Waals surface area contributed by atoms with Crippen LogP contribution in [0.1, 0.15) is 18.5 Å². The first-order valence-electron chi connectivity index (χ1n) is 5.28. The second-order valence-electron chi connectivity index (χ2n) is 3.37. The molecule has 0 aromatic heterocycles. The number of hydrogen-bond donors (Lipinski definition) is 2. The van der Waals surface area contributed by atoms with Crippen LogP contribution >= 0.6 is 11.8 Å². The second kappa shape index (κ2) is 7.34. The maximum absolute atomic E-state index is 5.74. The van der Waals surface area contributed by atoms with E-state index >= 15 is 0 Å². The average molecular weight is 234 g/mol. The molecule has 3 heteroatoms. The van der Waals surface area contributed by atoms with Crippen molar-refractivity contribution in [1.29, 1.82) is 0 Å². The van der Waals surface area contributed by atoms with Gasteiger partial charge in [0.2, 0.25) is 0 Å². The van der Waals surface area contributed by atoms with Crippen molar-refractivity contribution >= 4 is 11.8 Å². The Morgan fingerprint density at radius 1 is 1.38 bits per heavy atom. The van der Waals surface area contributed by atoms with Gasteiger partial charge in [-0.2, -0.15) is 0 Å². The van der Waals surface area contributed by atoms with Crippen LogP contribution in [0.15, 0.2) is 29.2 Å². The molecule has 2 nitrogen and oxygen atoms in total. The molecule has 0 amide bonds. The standard InChI is InChI=1S/C13H18N2S/c1-3-4-9-15-13(10-14)11-5-7-12(16-2)8-6-11/h5-8,13,15H,9-10,14H2,1-2H3. The van der Waals surface area contributed by atoms with Gasteiger partial charge in [-0.3, -0.25) is 5.32 Å². The van der Waals surface area contributed by atoms with Crippen molar-refractivity contribution in [1.82, 2.24) is 5.32 Å². The molecule has 1 unspecified atom stereocenters. The summed E-state index contributed by atoms with van der Waals surface area (Å²) in [6, 6.07) is 8.67. The smallest absolute Gasteiger partial charge is 0.0581 e. The number of nitrogens with one attached hydrogen (secondary N) is 1. The van der Waals surface area contributed by atoms with Crippen LogP contribution in [-0.2, 0) is 0 Å². The van der Waals surface area contributed by atoms with Crippen LogP contribution in [0, 0.1) is 11.8 Å². The molecule has 0 spiro atoms. The largest absolute Gasteiger partial charge is 0.329 e. The molecule has 0 heterocycles. The molecule has 1 atom stereocenters. The van der Waals surface area contributed by atoms with E-state index in [1.807, 2.05) is 6.92 Å². The van der Waals surface area contributed by atoms with Crippen molar-refractivity contribution in [2.75, 3.05) is 19.3 Å². The maximum Gasteiger partial charge on any atom is 0.0581 e. The second-order valence-corrected chi connectivity index (χ2v) is 4.25. The lowest BCUT2D eigenvalue weighted by Gasteiger charge is -2.15. The van der Waals surface area contributed by atoms with Crippen LogP contribution in [0.25, 0.3) is 0 Å². The predicted octanol–water partition coefficient (Wildman–Crippen LogP) is 2.02. The molecule has 0 radical (unpaired) electrons.